The van der Waals surface area contributed by atoms with E-state index in [9.17, 15) is 4.79 Å². The molecule has 1 amide bonds. The largest absolute Gasteiger partial charge is 0.351 e. The standard InChI is InChI=1S/C16H22N4O/c1-4-17-9-10-19-16(21)14-11-12(2)20(13(14)3)15-7-5-6-8-18-15/h5-8,11,17H,4,9-10H2,1-3H3,(H,19,21). The molecule has 2 heterocycles. The highest BCUT2D eigenvalue weighted by molar-refractivity contribution is 5.95. The van der Waals surface area contributed by atoms with E-state index in [-0.39, 0.29) is 5.91 Å². The van der Waals surface area contributed by atoms with Crippen molar-refractivity contribution in [3.8, 4) is 5.82 Å². The number of pyridine rings is 1. The molecule has 0 bridgehead atoms. The van der Waals surface area contributed by atoms with Crippen LogP contribution in [0.3, 0.4) is 0 Å². The molecule has 0 saturated heterocycles. The molecule has 21 heavy (non-hydrogen) atoms. The lowest BCUT2D eigenvalue weighted by atomic mass is 10.2. The lowest BCUT2D eigenvalue weighted by molar-refractivity contribution is 0.0953. The molecule has 0 aromatic carbocycles. The smallest absolute Gasteiger partial charge is 0.253 e. The Hall–Kier alpha value is -2.14. The van der Waals surface area contributed by atoms with Gasteiger partial charge in [0.05, 0.1) is 5.56 Å². The van der Waals surface area contributed by atoms with E-state index >= 15 is 0 Å². The fourth-order valence-electron chi connectivity index (χ4n) is 2.37. The number of amides is 1. The molecule has 112 valence electrons. The van der Waals surface area contributed by atoms with Gasteiger partial charge in [0.15, 0.2) is 0 Å². The summed E-state index contributed by atoms with van der Waals surface area (Å²) in [6.07, 6.45) is 1.75. The summed E-state index contributed by atoms with van der Waals surface area (Å²) < 4.78 is 2.00. The predicted molar refractivity (Wildman–Crippen MR) is 83.9 cm³/mol. The number of carbonyl (C=O) groups excluding carboxylic acids is 1. The van der Waals surface area contributed by atoms with Gasteiger partial charge in [-0.2, -0.15) is 0 Å². The first kappa shape index (κ1) is 15.3. The Bertz CT molecular complexity index is 604. The first-order valence-corrected chi connectivity index (χ1v) is 7.24. The van der Waals surface area contributed by atoms with Gasteiger partial charge in [-0.05, 0) is 38.6 Å². The molecule has 0 aliphatic carbocycles. The van der Waals surface area contributed by atoms with Crippen molar-refractivity contribution in [2.75, 3.05) is 19.6 Å². The average molecular weight is 286 g/mol. The summed E-state index contributed by atoms with van der Waals surface area (Å²) in [5, 5.41) is 6.11. The molecule has 0 unspecified atom stereocenters. The molecule has 0 fully saturated rings. The number of rotatable bonds is 6. The molecule has 2 aromatic heterocycles. The van der Waals surface area contributed by atoms with Gasteiger partial charge in [0, 0.05) is 30.7 Å². The number of nitrogens with zero attached hydrogens (tertiary/aromatic N) is 2. The average Bonchev–Trinajstić information content (AvgIpc) is 2.79. The van der Waals surface area contributed by atoms with Crippen LogP contribution in [0.1, 0.15) is 28.7 Å². The van der Waals surface area contributed by atoms with Gasteiger partial charge in [0.25, 0.3) is 5.91 Å². The highest BCUT2D eigenvalue weighted by Gasteiger charge is 2.16. The maximum atomic E-state index is 12.3. The molecular formula is C16H22N4O. The number of carbonyl (C=O) groups is 1. The topological polar surface area (TPSA) is 58.9 Å². The Balaban J connectivity index is 2.17. The summed E-state index contributed by atoms with van der Waals surface area (Å²) in [7, 11) is 0. The van der Waals surface area contributed by atoms with Crippen LogP contribution in [0, 0.1) is 13.8 Å². The van der Waals surface area contributed by atoms with Crippen molar-refractivity contribution in [2.24, 2.45) is 0 Å². The number of hydrogen-bond acceptors (Lipinski definition) is 3. The number of aromatic nitrogens is 2. The minimum atomic E-state index is -0.0387. The first-order valence-electron chi connectivity index (χ1n) is 7.24. The van der Waals surface area contributed by atoms with Gasteiger partial charge in [-0.15, -0.1) is 0 Å². The summed E-state index contributed by atoms with van der Waals surface area (Å²) in [5.41, 5.74) is 2.62. The Labute approximate surface area is 125 Å². The summed E-state index contributed by atoms with van der Waals surface area (Å²) in [6, 6.07) is 7.67. The molecule has 0 spiro atoms. The summed E-state index contributed by atoms with van der Waals surface area (Å²) in [4.78, 5) is 16.6. The molecule has 5 nitrogen and oxygen atoms in total. The molecule has 0 aliphatic rings. The van der Waals surface area contributed by atoms with Crippen molar-refractivity contribution in [1.29, 1.82) is 0 Å². The minimum Gasteiger partial charge on any atom is -0.351 e. The fourth-order valence-corrected chi connectivity index (χ4v) is 2.37. The quantitative estimate of drug-likeness (QED) is 0.797. The van der Waals surface area contributed by atoms with Gasteiger partial charge >= 0.3 is 0 Å². The van der Waals surface area contributed by atoms with Crippen molar-refractivity contribution in [3.63, 3.8) is 0 Å². The third kappa shape index (κ3) is 3.49. The van der Waals surface area contributed by atoms with Crippen molar-refractivity contribution in [3.05, 3.63) is 47.4 Å². The minimum absolute atomic E-state index is 0.0387. The Morgan fingerprint density at radius 3 is 2.76 bits per heavy atom. The Kier molecular flexibility index (Phi) is 5.11. The van der Waals surface area contributed by atoms with Crippen LogP contribution < -0.4 is 10.6 Å². The van der Waals surface area contributed by atoms with Gasteiger partial charge in [0.1, 0.15) is 5.82 Å². The summed E-state index contributed by atoms with van der Waals surface area (Å²) >= 11 is 0. The second-order valence-electron chi connectivity index (χ2n) is 4.92. The van der Waals surface area contributed by atoms with Gasteiger partial charge in [-0.3, -0.25) is 4.79 Å². The van der Waals surface area contributed by atoms with Crippen LogP contribution in [0.25, 0.3) is 5.82 Å². The van der Waals surface area contributed by atoms with Crippen LogP contribution in [0.5, 0.6) is 0 Å². The van der Waals surface area contributed by atoms with Crippen molar-refractivity contribution in [1.82, 2.24) is 20.2 Å². The van der Waals surface area contributed by atoms with Crippen molar-refractivity contribution in [2.45, 2.75) is 20.8 Å². The maximum Gasteiger partial charge on any atom is 0.253 e. The highest BCUT2D eigenvalue weighted by atomic mass is 16.1. The van der Waals surface area contributed by atoms with E-state index in [0.717, 1.165) is 30.3 Å². The first-order chi connectivity index (χ1) is 10.1. The van der Waals surface area contributed by atoms with Crippen LogP contribution in [-0.2, 0) is 0 Å². The van der Waals surface area contributed by atoms with Gasteiger partial charge in [-0.1, -0.05) is 13.0 Å². The Morgan fingerprint density at radius 1 is 1.29 bits per heavy atom. The molecule has 2 N–H and O–H groups in total. The SMILES string of the molecule is CCNCCNC(=O)c1cc(C)n(-c2ccccn2)c1C. The van der Waals surface area contributed by atoms with Crippen LogP contribution in [0.4, 0.5) is 0 Å². The fraction of sp³-hybridized carbons (Fsp3) is 0.375. The monoisotopic (exact) mass is 286 g/mol. The highest BCUT2D eigenvalue weighted by Crippen LogP contribution is 2.19. The van der Waals surface area contributed by atoms with E-state index in [2.05, 4.69) is 15.6 Å². The molecule has 0 aliphatic heterocycles. The lowest BCUT2D eigenvalue weighted by Gasteiger charge is -2.09. The summed E-state index contributed by atoms with van der Waals surface area (Å²) in [5.74, 6) is 0.794. The van der Waals surface area contributed by atoms with Crippen LogP contribution >= 0.6 is 0 Å². The maximum absolute atomic E-state index is 12.3. The lowest BCUT2D eigenvalue weighted by Crippen LogP contribution is -2.31. The van der Waals surface area contributed by atoms with E-state index in [1.807, 2.05) is 49.6 Å². The van der Waals surface area contributed by atoms with Crippen LogP contribution in [-0.4, -0.2) is 35.1 Å². The molecule has 2 aromatic rings. The molecule has 0 atom stereocenters. The molecule has 0 saturated carbocycles. The zero-order chi connectivity index (χ0) is 15.2. The van der Waals surface area contributed by atoms with Gasteiger partial charge < -0.3 is 15.2 Å². The second kappa shape index (κ2) is 7.04. The zero-order valence-corrected chi connectivity index (χ0v) is 12.8. The van der Waals surface area contributed by atoms with E-state index < -0.39 is 0 Å². The molecule has 0 radical (unpaired) electrons. The third-order valence-corrected chi connectivity index (χ3v) is 3.39. The Morgan fingerprint density at radius 2 is 2.10 bits per heavy atom. The van der Waals surface area contributed by atoms with Gasteiger partial charge in [0.2, 0.25) is 0 Å². The number of hydrogen-bond donors (Lipinski definition) is 2. The van der Waals surface area contributed by atoms with E-state index in [0.29, 0.717) is 12.1 Å². The van der Waals surface area contributed by atoms with E-state index in [4.69, 9.17) is 0 Å². The third-order valence-electron chi connectivity index (χ3n) is 3.39. The molecule has 5 heteroatoms. The normalized spacial score (nSPS) is 10.6. The number of nitrogens with one attached hydrogen (secondary N) is 2. The molecule has 2 rings (SSSR count). The number of likely N-dealkylation sites (N-methyl/N-ethyl adjacent to an activating group) is 1. The second-order valence-corrected chi connectivity index (χ2v) is 4.92. The van der Waals surface area contributed by atoms with E-state index in [1.54, 1.807) is 6.20 Å². The van der Waals surface area contributed by atoms with Crippen molar-refractivity contribution >= 4 is 5.91 Å². The van der Waals surface area contributed by atoms with Crippen molar-refractivity contribution < 1.29 is 4.79 Å². The molecular weight excluding hydrogens is 264 g/mol. The number of aryl methyl sites for hydroxylation is 1. The van der Waals surface area contributed by atoms with Crippen LogP contribution in [0.15, 0.2) is 30.5 Å². The zero-order valence-electron chi connectivity index (χ0n) is 12.8. The summed E-state index contributed by atoms with van der Waals surface area (Å²) in [6.45, 7) is 8.28. The predicted octanol–water partition coefficient (Wildman–Crippen LogP) is 1.83. The van der Waals surface area contributed by atoms with Gasteiger partial charge in [-0.25, -0.2) is 4.98 Å². The van der Waals surface area contributed by atoms with Crippen LogP contribution in [0.2, 0.25) is 0 Å². The van der Waals surface area contributed by atoms with E-state index in [1.165, 1.54) is 0 Å².